The third kappa shape index (κ3) is 2.16. The lowest BCUT2D eigenvalue weighted by Crippen LogP contribution is -2.60. The molecule has 102 valence electrons. The van der Waals surface area contributed by atoms with Crippen LogP contribution in [0.15, 0.2) is 0 Å². The minimum Gasteiger partial charge on any atom is -0.371 e. The number of carbonyl (C=O) groups is 1. The topological polar surface area (TPSA) is 55.6 Å². The smallest absolute Gasteiger partial charge is 0.242 e. The summed E-state index contributed by atoms with van der Waals surface area (Å²) in [6.45, 7) is 3.71. The lowest BCUT2D eigenvalue weighted by molar-refractivity contribution is -0.147. The number of morpholine rings is 1. The minimum atomic E-state index is -0.603. The molecule has 2 aliphatic heterocycles. The minimum absolute atomic E-state index is 0.175. The lowest BCUT2D eigenvalue weighted by atomic mass is 9.76. The van der Waals surface area contributed by atoms with Gasteiger partial charge in [-0.05, 0) is 31.6 Å². The van der Waals surface area contributed by atoms with Gasteiger partial charge in [-0.15, -0.1) is 0 Å². The molecule has 0 aromatic carbocycles. The highest BCUT2D eigenvalue weighted by Crippen LogP contribution is 2.34. The van der Waals surface area contributed by atoms with Crippen molar-refractivity contribution in [3.63, 3.8) is 0 Å². The Kier molecular flexibility index (Phi) is 3.10. The van der Waals surface area contributed by atoms with Crippen molar-refractivity contribution < 1.29 is 9.53 Å². The van der Waals surface area contributed by atoms with Crippen LogP contribution in [0.4, 0.5) is 0 Å². The summed E-state index contributed by atoms with van der Waals surface area (Å²) in [6, 6.07) is 0. The van der Waals surface area contributed by atoms with E-state index in [1.165, 1.54) is 6.42 Å². The Morgan fingerprint density at radius 1 is 1.28 bits per heavy atom. The summed E-state index contributed by atoms with van der Waals surface area (Å²) in [5, 5.41) is 0. The molecule has 0 aromatic rings. The average Bonchev–Trinajstić information content (AvgIpc) is 2.67. The van der Waals surface area contributed by atoms with Gasteiger partial charge < -0.3 is 15.4 Å². The number of hydrogen-bond donors (Lipinski definition) is 1. The fraction of sp³-hybridized carbons (Fsp3) is 0.929. The molecule has 1 aliphatic carbocycles. The molecule has 2 saturated heterocycles. The van der Waals surface area contributed by atoms with Gasteiger partial charge in [-0.3, -0.25) is 4.79 Å². The Bertz CT molecular complexity index is 335. The van der Waals surface area contributed by atoms with Gasteiger partial charge in [0.25, 0.3) is 0 Å². The van der Waals surface area contributed by atoms with Crippen molar-refractivity contribution in [3.05, 3.63) is 0 Å². The predicted octanol–water partition coefficient (Wildman–Crippen LogP) is 1.28. The fourth-order valence-electron chi connectivity index (χ4n) is 3.88. The summed E-state index contributed by atoms with van der Waals surface area (Å²) < 4.78 is 5.78. The van der Waals surface area contributed by atoms with Crippen molar-refractivity contribution in [1.82, 2.24) is 4.90 Å². The van der Waals surface area contributed by atoms with Crippen LogP contribution in [0.2, 0.25) is 0 Å². The third-order valence-corrected chi connectivity index (χ3v) is 4.79. The Morgan fingerprint density at radius 2 is 1.94 bits per heavy atom. The summed E-state index contributed by atoms with van der Waals surface area (Å²) in [5.41, 5.74) is 5.80. The van der Waals surface area contributed by atoms with Crippen LogP contribution in [-0.2, 0) is 9.53 Å². The number of nitrogens with zero attached hydrogens (tertiary/aromatic N) is 1. The third-order valence-electron chi connectivity index (χ3n) is 4.79. The molecule has 2 heterocycles. The van der Waals surface area contributed by atoms with Crippen LogP contribution in [0.1, 0.15) is 45.4 Å². The highest BCUT2D eigenvalue weighted by atomic mass is 16.5. The predicted molar refractivity (Wildman–Crippen MR) is 69.0 cm³/mol. The molecule has 1 saturated carbocycles. The standard InChI is InChI=1S/C14H24N2O2/c1-10-3-2-6-14(15,7-10)13(17)16-8-11-4-5-12(9-16)18-11/h10-12H,2-9,15H2,1H3. The van der Waals surface area contributed by atoms with Crippen molar-refractivity contribution >= 4 is 5.91 Å². The van der Waals surface area contributed by atoms with Gasteiger partial charge in [0.1, 0.15) is 0 Å². The first-order valence-electron chi connectivity index (χ1n) is 7.30. The number of likely N-dealkylation sites (tertiary alicyclic amines) is 1. The number of carbonyl (C=O) groups excluding carboxylic acids is 1. The maximum atomic E-state index is 12.7. The van der Waals surface area contributed by atoms with Crippen LogP contribution in [0.25, 0.3) is 0 Å². The second-order valence-corrected chi connectivity index (χ2v) is 6.53. The molecule has 3 rings (SSSR count). The van der Waals surface area contributed by atoms with E-state index in [1.54, 1.807) is 0 Å². The van der Waals surface area contributed by atoms with E-state index in [-0.39, 0.29) is 18.1 Å². The van der Waals surface area contributed by atoms with Crippen LogP contribution < -0.4 is 5.73 Å². The molecule has 3 fully saturated rings. The molecule has 18 heavy (non-hydrogen) atoms. The van der Waals surface area contributed by atoms with Gasteiger partial charge in [-0.1, -0.05) is 19.8 Å². The van der Waals surface area contributed by atoms with Gasteiger partial charge in [0.2, 0.25) is 5.91 Å². The SMILES string of the molecule is CC1CCCC(N)(C(=O)N2CC3CCC(C2)O3)C1. The second kappa shape index (κ2) is 4.49. The van der Waals surface area contributed by atoms with Crippen LogP contribution >= 0.6 is 0 Å². The Balaban J connectivity index is 1.70. The van der Waals surface area contributed by atoms with Crippen LogP contribution in [0.5, 0.6) is 0 Å². The van der Waals surface area contributed by atoms with Gasteiger partial charge in [0.05, 0.1) is 17.7 Å². The van der Waals surface area contributed by atoms with Crippen molar-refractivity contribution in [2.75, 3.05) is 13.1 Å². The van der Waals surface area contributed by atoms with E-state index in [2.05, 4.69) is 6.92 Å². The van der Waals surface area contributed by atoms with E-state index in [9.17, 15) is 4.79 Å². The summed E-state index contributed by atoms with van der Waals surface area (Å²) in [5.74, 6) is 0.750. The number of ether oxygens (including phenoxy) is 1. The van der Waals surface area contributed by atoms with Gasteiger partial charge in [-0.25, -0.2) is 0 Å². The van der Waals surface area contributed by atoms with Gasteiger partial charge in [0, 0.05) is 13.1 Å². The Hall–Kier alpha value is -0.610. The van der Waals surface area contributed by atoms with E-state index in [1.807, 2.05) is 4.90 Å². The van der Waals surface area contributed by atoms with E-state index in [0.29, 0.717) is 5.92 Å². The van der Waals surface area contributed by atoms with E-state index in [4.69, 9.17) is 10.5 Å². The largest absolute Gasteiger partial charge is 0.371 e. The molecule has 2 bridgehead atoms. The zero-order chi connectivity index (χ0) is 12.8. The first kappa shape index (κ1) is 12.4. The van der Waals surface area contributed by atoms with Crippen LogP contribution in [0, 0.1) is 5.92 Å². The van der Waals surface area contributed by atoms with Gasteiger partial charge >= 0.3 is 0 Å². The number of amides is 1. The monoisotopic (exact) mass is 252 g/mol. The molecule has 4 nitrogen and oxygen atoms in total. The maximum Gasteiger partial charge on any atom is 0.242 e. The molecule has 0 radical (unpaired) electrons. The molecular formula is C14H24N2O2. The number of fused-ring (bicyclic) bond motifs is 2. The molecule has 4 atom stereocenters. The van der Waals surface area contributed by atoms with Crippen LogP contribution in [0.3, 0.4) is 0 Å². The summed E-state index contributed by atoms with van der Waals surface area (Å²) >= 11 is 0. The zero-order valence-electron chi connectivity index (χ0n) is 11.2. The molecule has 3 aliphatic rings. The molecule has 2 N–H and O–H groups in total. The molecular weight excluding hydrogens is 228 g/mol. The van der Waals surface area contributed by atoms with E-state index < -0.39 is 5.54 Å². The molecule has 4 unspecified atom stereocenters. The zero-order valence-corrected chi connectivity index (χ0v) is 11.2. The van der Waals surface area contributed by atoms with Crippen LogP contribution in [-0.4, -0.2) is 41.6 Å². The molecule has 1 amide bonds. The first-order chi connectivity index (χ1) is 8.57. The molecule has 4 heteroatoms. The van der Waals surface area contributed by atoms with Crippen molar-refractivity contribution in [2.45, 2.75) is 63.2 Å². The summed E-state index contributed by atoms with van der Waals surface area (Å²) in [6.07, 6.45) is 6.71. The van der Waals surface area contributed by atoms with E-state index in [0.717, 1.165) is 45.2 Å². The van der Waals surface area contributed by atoms with Crippen molar-refractivity contribution in [1.29, 1.82) is 0 Å². The van der Waals surface area contributed by atoms with Crippen molar-refractivity contribution in [2.24, 2.45) is 11.7 Å². The molecule has 0 spiro atoms. The highest BCUT2D eigenvalue weighted by Gasteiger charge is 2.44. The second-order valence-electron chi connectivity index (χ2n) is 6.53. The van der Waals surface area contributed by atoms with E-state index >= 15 is 0 Å². The highest BCUT2D eigenvalue weighted by molar-refractivity contribution is 5.86. The van der Waals surface area contributed by atoms with Gasteiger partial charge in [-0.2, -0.15) is 0 Å². The normalized spacial score (nSPS) is 44.1. The number of nitrogens with two attached hydrogens (primary N) is 1. The van der Waals surface area contributed by atoms with Crippen molar-refractivity contribution in [3.8, 4) is 0 Å². The average molecular weight is 252 g/mol. The fourth-order valence-corrected chi connectivity index (χ4v) is 3.88. The Morgan fingerprint density at radius 3 is 2.56 bits per heavy atom. The molecule has 0 aromatic heterocycles. The number of hydrogen-bond acceptors (Lipinski definition) is 3. The maximum absolute atomic E-state index is 12.7. The first-order valence-corrected chi connectivity index (χ1v) is 7.30. The number of rotatable bonds is 1. The van der Waals surface area contributed by atoms with Gasteiger partial charge in [0.15, 0.2) is 0 Å². The lowest BCUT2D eigenvalue weighted by Gasteiger charge is -2.41. The summed E-state index contributed by atoms with van der Waals surface area (Å²) in [7, 11) is 0. The quantitative estimate of drug-likeness (QED) is 0.765. The summed E-state index contributed by atoms with van der Waals surface area (Å²) in [4.78, 5) is 14.7. The Labute approximate surface area is 109 Å².